The third kappa shape index (κ3) is 3.02. The first kappa shape index (κ1) is 11.7. The van der Waals surface area contributed by atoms with Gasteiger partial charge in [0.2, 0.25) is 0 Å². The molecule has 1 atom stereocenters. The van der Waals surface area contributed by atoms with Crippen LogP contribution in [0.4, 0.5) is 4.39 Å². The fraction of sp³-hybridized carbons (Fsp3) is 0.364. The molecule has 3 nitrogen and oxygen atoms in total. The number of rotatable bonds is 4. The predicted molar refractivity (Wildman–Crippen MR) is 54.8 cm³/mol. The molecule has 15 heavy (non-hydrogen) atoms. The monoisotopic (exact) mass is 211 g/mol. The Kier molecular flexibility index (Phi) is 4.24. The summed E-state index contributed by atoms with van der Waals surface area (Å²) in [6.45, 7) is 2.21. The van der Waals surface area contributed by atoms with Crippen molar-refractivity contribution in [3.8, 4) is 0 Å². The molecule has 0 aromatic heterocycles. The Balaban J connectivity index is 2.82. The molecular formula is C11H14FNO2. The van der Waals surface area contributed by atoms with Crippen molar-refractivity contribution in [2.45, 2.75) is 12.8 Å². The molecule has 82 valence electrons. The molecule has 1 aromatic carbocycles. The molecule has 0 saturated carbocycles. The van der Waals surface area contributed by atoms with Gasteiger partial charge in [0.05, 0.1) is 12.5 Å². The van der Waals surface area contributed by atoms with Crippen LogP contribution in [0, 0.1) is 5.82 Å². The maximum absolute atomic E-state index is 12.7. The summed E-state index contributed by atoms with van der Waals surface area (Å²) in [5.74, 6) is -1.21. The number of carbonyl (C=O) groups excluding carboxylic acids is 1. The molecule has 0 saturated heterocycles. The van der Waals surface area contributed by atoms with Gasteiger partial charge in [0.15, 0.2) is 0 Å². The van der Waals surface area contributed by atoms with Crippen molar-refractivity contribution in [2.75, 3.05) is 13.2 Å². The largest absolute Gasteiger partial charge is 0.465 e. The number of halogens is 1. The van der Waals surface area contributed by atoms with E-state index in [1.807, 2.05) is 0 Å². The molecule has 1 rings (SSSR count). The maximum Gasteiger partial charge on any atom is 0.314 e. The number of carbonyl (C=O) groups is 1. The topological polar surface area (TPSA) is 52.3 Å². The van der Waals surface area contributed by atoms with E-state index in [4.69, 9.17) is 10.5 Å². The van der Waals surface area contributed by atoms with E-state index in [9.17, 15) is 9.18 Å². The lowest BCUT2D eigenvalue weighted by Gasteiger charge is -2.13. The molecule has 1 aromatic rings. The van der Waals surface area contributed by atoms with Crippen LogP contribution in [0.15, 0.2) is 24.3 Å². The third-order valence-corrected chi connectivity index (χ3v) is 2.08. The van der Waals surface area contributed by atoms with Crippen LogP contribution >= 0.6 is 0 Å². The number of benzene rings is 1. The minimum Gasteiger partial charge on any atom is -0.465 e. The van der Waals surface area contributed by atoms with Crippen LogP contribution in [0.2, 0.25) is 0 Å². The Morgan fingerprint density at radius 2 is 2.07 bits per heavy atom. The summed E-state index contributed by atoms with van der Waals surface area (Å²) < 4.78 is 17.5. The summed E-state index contributed by atoms with van der Waals surface area (Å²) in [5, 5.41) is 0. The van der Waals surface area contributed by atoms with Crippen molar-refractivity contribution in [3.05, 3.63) is 35.6 Å². The van der Waals surface area contributed by atoms with Gasteiger partial charge in [-0.3, -0.25) is 4.79 Å². The van der Waals surface area contributed by atoms with Crippen LogP contribution in [-0.4, -0.2) is 19.1 Å². The van der Waals surface area contributed by atoms with Crippen molar-refractivity contribution in [1.29, 1.82) is 0 Å². The first-order valence-corrected chi connectivity index (χ1v) is 4.81. The molecule has 0 aliphatic rings. The summed E-state index contributed by atoms with van der Waals surface area (Å²) in [6, 6.07) is 5.70. The quantitative estimate of drug-likeness (QED) is 0.766. The van der Waals surface area contributed by atoms with E-state index in [0.717, 1.165) is 0 Å². The molecule has 4 heteroatoms. The highest BCUT2D eigenvalue weighted by atomic mass is 19.1. The van der Waals surface area contributed by atoms with Gasteiger partial charge < -0.3 is 10.5 Å². The highest BCUT2D eigenvalue weighted by Gasteiger charge is 2.19. The standard InChI is InChI=1S/C11H14FNO2/c1-2-15-11(14)10(7-13)8-3-5-9(12)6-4-8/h3-6,10H,2,7,13H2,1H3. The number of nitrogens with two attached hydrogens (primary N) is 1. The van der Waals surface area contributed by atoms with Crippen LogP contribution in [0.25, 0.3) is 0 Å². The highest BCUT2D eigenvalue weighted by molar-refractivity contribution is 5.78. The zero-order valence-corrected chi connectivity index (χ0v) is 8.57. The van der Waals surface area contributed by atoms with E-state index in [-0.39, 0.29) is 18.3 Å². The molecule has 0 fully saturated rings. The lowest BCUT2D eigenvalue weighted by Crippen LogP contribution is -2.23. The molecule has 0 amide bonds. The van der Waals surface area contributed by atoms with Gasteiger partial charge in [0, 0.05) is 6.54 Å². The van der Waals surface area contributed by atoms with Crippen molar-refractivity contribution < 1.29 is 13.9 Å². The lowest BCUT2D eigenvalue weighted by molar-refractivity contribution is -0.144. The molecule has 0 heterocycles. The van der Waals surface area contributed by atoms with Crippen LogP contribution in [0.1, 0.15) is 18.4 Å². The van der Waals surface area contributed by atoms with Crippen LogP contribution < -0.4 is 5.73 Å². The van der Waals surface area contributed by atoms with Crippen LogP contribution in [0.5, 0.6) is 0 Å². The fourth-order valence-corrected chi connectivity index (χ4v) is 1.31. The van der Waals surface area contributed by atoms with Gasteiger partial charge in [-0.25, -0.2) is 4.39 Å². The Labute approximate surface area is 88.0 Å². The van der Waals surface area contributed by atoms with Gasteiger partial charge >= 0.3 is 5.97 Å². The van der Waals surface area contributed by atoms with E-state index < -0.39 is 5.92 Å². The average Bonchev–Trinajstić information content (AvgIpc) is 2.22. The van der Waals surface area contributed by atoms with E-state index in [1.54, 1.807) is 19.1 Å². The summed E-state index contributed by atoms with van der Waals surface area (Å²) in [7, 11) is 0. The number of esters is 1. The summed E-state index contributed by atoms with van der Waals surface area (Å²) in [6.07, 6.45) is 0. The Bertz CT molecular complexity index is 324. The van der Waals surface area contributed by atoms with Crippen molar-refractivity contribution in [1.82, 2.24) is 0 Å². The minimum atomic E-state index is -0.509. The summed E-state index contributed by atoms with van der Waals surface area (Å²) in [5.41, 5.74) is 6.16. The number of ether oxygens (including phenoxy) is 1. The van der Waals surface area contributed by atoms with E-state index in [1.165, 1.54) is 12.1 Å². The molecule has 1 unspecified atom stereocenters. The molecular weight excluding hydrogens is 197 g/mol. The third-order valence-electron chi connectivity index (χ3n) is 2.08. The molecule has 0 aliphatic heterocycles. The van der Waals surface area contributed by atoms with Gasteiger partial charge in [0.25, 0.3) is 0 Å². The van der Waals surface area contributed by atoms with Crippen molar-refractivity contribution >= 4 is 5.97 Å². The smallest absolute Gasteiger partial charge is 0.314 e. The molecule has 0 aliphatic carbocycles. The van der Waals surface area contributed by atoms with Gasteiger partial charge in [0.1, 0.15) is 5.82 Å². The van der Waals surface area contributed by atoms with Crippen LogP contribution in [-0.2, 0) is 9.53 Å². The summed E-state index contributed by atoms with van der Waals surface area (Å²) in [4.78, 5) is 11.5. The van der Waals surface area contributed by atoms with Gasteiger partial charge in [-0.2, -0.15) is 0 Å². The SMILES string of the molecule is CCOC(=O)C(CN)c1ccc(F)cc1. The molecule has 0 spiro atoms. The first-order valence-electron chi connectivity index (χ1n) is 4.81. The van der Waals surface area contributed by atoms with Crippen molar-refractivity contribution in [3.63, 3.8) is 0 Å². The first-order chi connectivity index (χ1) is 7.19. The summed E-state index contributed by atoms with van der Waals surface area (Å²) >= 11 is 0. The second-order valence-electron chi connectivity index (χ2n) is 3.09. The van der Waals surface area contributed by atoms with E-state index in [0.29, 0.717) is 12.2 Å². The Morgan fingerprint density at radius 3 is 2.53 bits per heavy atom. The van der Waals surface area contributed by atoms with Gasteiger partial charge in [-0.05, 0) is 24.6 Å². The molecule has 2 N–H and O–H groups in total. The Morgan fingerprint density at radius 1 is 1.47 bits per heavy atom. The average molecular weight is 211 g/mol. The highest BCUT2D eigenvalue weighted by Crippen LogP contribution is 2.16. The second kappa shape index (κ2) is 5.46. The number of hydrogen-bond acceptors (Lipinski definition) is 3. The Hall–Kier alpha value is -1.42. The number of hydrogen-bond donors (Lipinski definition) is 1. The molecule has 0 bridgehead atoms. The second-order valence-corrected chi connectivity index (χ2v) is 3.09. The van der Waals surface area contributed by atoms with Gasteiger partial charge in [-0.1, -0.05) is 12.1 Å². The fourth-order valence-electron chi connectivity index (χ4n) is 1.31. The molecule has 0 radical (unpaired) electrons. The van der Waals surface area contributed by atoms with Crippen LogP contribution in [0.3, 0.4) is 0 Å². The lowest BCUT2D eigenvalue weighted by atomic mass is 9.99. The van der Waals surface area contributed by atoms with Gasteiger partial charge in [-0.15, -0.1) is 0 Å². The normalized spacial score (nSPS) is 12.2. The van der Waals surface area contributed by atoms with E-state index in [2.05, 4.69) is 0 Å². The predicted octanol–water partition coefficient (Wildman–Crippen LogP) is 1.43. The zero-order valence-electron chi connectivity index (χ0n) is 8.57. The maximum atomic E-state index is 12.7. The van der Waals surface area contributed by atoms with E-state index >= 15 is 0 Å². The van der Waals surface area contributed by atoms with Crippen molar-refractivity contribution in [2.24, 2.45) is 5.73 Å². The minimum absolute atomic E-state index is 0.157. The zero-order chi connectivity index (χ0) is 11.3.